The van der Waals surface area contributed by atoms with Gasteiger partial charge in [-0.05, 0) is 37.6 Å². The van der Waals surface area contributed by atoms with E-state index in [0.717, 1.165) is 11.1 Å². The van der Waals surface area contributed by atoms with E-state index in [1.807, 2.05) is 46.0 Å². The molecule has 1 aromatic carbocycles. The Kier molecular flexibility index (Phi) is 6.02. The molecular formula is C15H25NO3S. The van der Waals surface area contributed by atoms with Crippen LogP contribution in [-0.2, 0) is 15.6 Å². The summed E-state index contributed by atoms with van der Waals surface area (Å²) in [5, 5.41) is 3.15. The van der Waals surface area contributed by atoms with E-state index < -0.39 is 9.84 Å². The molecule has 0 saturated heterocycles. The lowest BCUT2D eigenvalue weighted by Crippen LogP contribution is -2.16. The van der Waals surface area contributed by atoms with E-state index in [9.17, 15) is 8.42 Å². The Bertz CT molecular complexity index is 538. The molecule has 0 aromatic heterocycles. The summed E-state index contributed by atoms with van der Waals surface area (Å²) in [5.74, 6) is 0.982. The molecule has 0 amide bonds. The van der Waals surface area contributed by atoms with Crippen molar-refractivity contribution >= 4 is 9.84 Å². The molecule has 0 saturated carbocycles. The highest BCUT2D eigenvalue weighted by atomic mass is 32.2. The largest absolute Gasteiger partial charge is 0.496 e. The van der Waals surface area contributed by atoms with Gasteiger partial charge in [0.25, 0.3) is 0 Å². The standard InChI is InChI=1S/C15H25NO3S/c1-11(2)9-20(17,18)10-14-8-13(12(3)16-4)6-7-15(14)19-5/h6-8,11-12,16H,9-10H2,1-5H3. The summed E-state index contributed by atoms with van der Waals surface area (Å²) in [7, 11) is 0.328. The third-order valence-electron chi connectivity index (χ3n) is 3.20. The molecule has 0 heterocycles. The minimum absolute atomic E-state index is 0.0264. The Balaban J connectivity index is 3.08. The van der Waals surface area contributed by atoms with Gasteiger partial charge in [-0.3, -0.25) is 0 Å². The van der Waals surface area contributed by atoms with E-state index in [1.54, 1.807) is 7.11 Å². The highest BCUT2D eigenvalue weighted by Crippen LogP contribution is 2.25. The van der Waals surface area contributed by atoms with Crippen LogP contribution in [-0.4, -0.2) is 28.3 Å². The fourth-order valence-electron chi connectivity index (χ4n) is 2.15. The molecule has 0 spiro atoms. The second kappa shape index (κ2) is 7.09. The minimum atomic E-state index is -3.12. The van der Waals surface area contributed by atoms with Gasteiger partial charge in [-0.15, -0.1) is 0 Å². The zero-order valence-electron chi connectivity index (χ0n) is 12.9. The first-order valence-electron chi connectivity index (χ1n) is 6.83. The first kappa shape index (κ1) is 17.0. The summed E-state index contributed by atoms with van der Waals surface area (Å²) < 4.78 is 29.6. The molecule has 1 aromatic rings. The Hall–Kier alpha value is -1.07. The van der Waals surface area contributed by atoms with Crippen molar-refractivity contribution in [2.75, 3.05) is 19.9 Å². The average molecular weight is 299 g/mol. The van der Waals surface area contributed by atoms with Crippen molar-refractivity contribution in [2.45, 2.75) is 32.6 Å². The van der Waals surface area contributed by atoms with Crippen molar-refractivity contribution in [3.8, 4) is 5.75 Å². The third kappa shape index (κ3) is 4.80. The Labute approximate surface area is 122 Å². The molecule has 1 N–H and O–H groups in total. The molecule has 114 valence electrons. The molecular weight excluding hydrogens is 274 g/mol. The summed E-state index contributed by atoms with van der Waals surface area (Å²) in [6, 6.07) is 5.88. The van der Waals surface area contributed by atoms with Crippen LogP contribution in [0.15, 0.2) is 18.2 Å². The molecule has 20 heavy (non-hydrogen) atoms. The maximum atomic E-state index is 12.2. The van der Waals surface area contributed by atoms with Gasteiger partial charge in [0.2, 0.25) is 0 Å². The smallest absolute Gasteiger partial charge is 0.154 e. The van der Waals surface area contributed by atoms with Gasteiger partial charge < -0.3 is 10.1 Å². The number of ether oxygens (including phenoxy) is 1. The van der Waals surface area contributed by atoms with Crippen molar-refractivity contribution < 1.29 is 13.2 Å². The van der Waals surface area contributed by atoms with Crippen LogP contribution in [0.1, 0.15) is 37.9 Å². The van der Waals surface area contributed by atoms with Gasteiger partial charge in [-0.1, -0.05) is 19.9 Å². The SMILES string of the molecule is CNC(C)c1ccc(OC)c(CS(=O)(=O)CC(C)C)c1. The number of hydrogen-bond acceptors (Lipinski definition) is 4. The maximum Gasteiger partial charge on any atom is 0.154 e. The molecule has 1 atom stereocenters. The van der Waals surface area contributed by atoms with Crippen LogP contribution < -0.4 is 10.1 Å². The molecule has 1 unspecified atom stereocenters. The van der Waals surface area contributed by atoms with E-state index in [0.29, 0.717) is 5.75 Å². The number of hydrogen-bond donors (Lipinski definition) is 1. The van der Waals surface area contributed by atoms with Crippen LogP contribution in [0, 0.1) is 5.92 Å². The summed E-state index contributed by atoms with van der Waals surface area (Å²) in [6.07, 6.45) is 0. The van der Waals surface area contributed by atoms with Crippen LogP contribution in [0.25, 0.3) is 0 Å². The lowest BCUT2D eigenvalue weighted by Gasteiger charge is -2.15. The van der Waals surface area contributed by atoms with Gasteiger partial charge in [0, 0.05) is 11.6 Å². The molecule has 0 aliphatic carbocycles. The van der Waals surface area contributed by atoms with Gasteiger partial charge in [0.15, 0.2) is 9.84 Å². The predicted octanol–water partition coefficient (Wildman–Crippen LogP) is 2.55. The van der Waals surface area contributed by atoms with Crippen molar-refractivity contribution in [2.24, 2.45) is 5.92 Å². The van der Waals surface area contributed by atoms with Gasteiger partial charge >= 0.3 is 0 Å². The van der Waals surface area contributed by atoms with Crippen LogP contribution in [0.5, 0.6) is 5.75 Å². The second-order valence-electron chi connectivity index (χ2n) is 5.53. The first-order chi connectivity index (χ1) is 9.29. The van der Waals surface area contributed by atoms with E-state index in [4.69, 9.17) is 4.74 Å². The number of rotatable bonds is 7. The Morgan fingerprint density at radius 2 is 1.90 bits per heavy atom. The van der Waals surface area contributed by atoms with Gasteiger partial charge in [-0.2, -0.15) is 0 Å². The van der Waals surface area contributed by atoms with Crippen molar-refractivity contribution in [3.05, 3.63) is 29.3 Å². The Morgan fingerprint density at radius 1 is 1.25 bits per heavy atom. The number of sulfone groups is 1. The zero-order valence-corrected chi connectivity index (χ0v) is 13.8. The van der Waals surface area contributed by atoms with Crippen molar-refractivity contribution in [1.82, 2.24) is 5.32 Å². The lowest BCUT2D eigenvalue weighted by molar-refractivity contribution is 0.410. The maximum absolute atomic E-state index is 12.2. The molecule has 0 radical (unpaired) electrons. The van der Waals surface area contributed by atoms with Crippen LogP contribution >= 0.6 is 0 Å². The number of methoxy groups -OCH3 is 1. The molecule has 4 nitrogen and oxygen atoms in total. The molecule has 0 fully saturated rings. The highest BCUT2D eigenvalue weighted by Gasteiger charge is 2.18. The summed E-state index contributed by atoms with van der Waals surface area (Å²) in [4.78, 5) is 0. The van der Waals surface area contributed by atoms with Gasteiger partial charge in [0.1, 0.15) is 5.75 Å². The highest BCUT2D eigenvalue weighted by molar-refractivity contribution is 7.90. The number of nitrogens with one attached hydrogen (secondary N) is 1. The van der Waals surface area contributed by atoms with Crippen molar-refractivity contribution in [1.29, 1.82) is 0 Å². The molecule has 1 rings (SSSR count). The summed E-state index contributed by atoms with van der Waals surface area (Å²) >= 11 is 0. The monoisotopic (exact) mass is 299 g/mol. The Morgan fingerprint density at radius 3 is 2.40 bits per heavy atom. The van der Waals surface area contributed by atoms with Gasteiger partial charge in [0.05, 0.1) is 18.6 Å². The quantitative estimate of drug-likeness (QED) is 0.840. The molecule has 5 heteroatoms. The fraction of sp³-hybridized carbons (Fsp3) is 0.600. The summed E-state index contributed by atoms with van der Waals surface area (Å²) in [6.45, 7) is 5.86. The normalized spacial score (nSPS) is 13.5. The average Bonchev–Trinajstić information content (AvgIpc) is 2.35. The van der Waals surface area contributed by atoms with Crippen LogP contribution in [0.4, 0.5) is 0 Å². The fourth-order valence-corrected chi connectivity index (χ4v) is 3.98. The minimum Gasteiger partial charge on any atom is -0.496 e. The van der Waals surface area contributed by atoms with Gasteiger partial charge in [-0.25, -0.2) is 8.42 Å². The van der Waals surface area contributed by atoms with Crippen LogP contribution in [0.2, 0.25) is 0 Å². The van der Waals surface area contributed by atoms with E-state index in [2.05, 4.69) is 5.32 Å². The molecule has 0 aliphatic heterocycles. The molecule has 0 bridgehead atoms. The summed E-state index contributed by atoms with van der Waals surface area (Å²) in [5.41, 5.74) is 1.79. The van der Waals surface area contributed by atoms with E-state index in [-0.39, 0.29) is 23.5 Å². The van der Waals surface area contributed by atoms with E-state index in [1.165, 1.54) is 0 Å². The van der Waals surface area contributed by atoms with Crippen molar-refractivity contribution in [3.63, 3.8) is 0 Å². The predicted molar refractivity (Wildman–Crippen MR) is 82.8 cm³/mol. The topological polar surface area (TPSA) is 55.4 Å². The van der Waals surface area contributed by atoms with Crippen LogP contribution in [0.3, 0.4) is 0 Å². The van der Waals surface area contributed by atoms with E-state index >= 15 is 0 Å². The first-order valence-corrected chi connectivity index (χ1v) is 8.65. The number of benzene rings is 1. The lowest BCUT2D eigenvalue weighted by atomic mass is 10.1. The zero-order chi connectivity index (χ0) is 15.3. The second-order valence-corrected chi connectivity index (χ2v) is 7.64. The molecule has 0 aliphatic rings. The third-order valence-corrected chi connectivity index (χ3v) is 5.13.